The molecule has 0 spiro atoms. The van der Waals surface area contributed by atoms with Crippen molar-refractivity contribution in [3.8, 4) is 0 Å². The summed E-state index contributed by atoms with van der Waals surface area (Å²) in [4.78, 5) is -0.671. The Kier molecular flexibility index (Phi) is 4.70. The van der Waals surface area contributed by atoms with Crippen LogP contribution in [-0.2, 0) is 20.2 Å². The average Bonchev–Trinajstić information content (AvgIpc) is 2.27. The summed E-state index contributed by atoms with van der Waals surface area (Å²) in [5, 5.41) is 0. The number of hydrogen-bond donors (Lipinski definition) is 1. The summed E-state index contributed by atoms with van der Waals surface area (Å²) in [7, 11) is -8.55. The van der Waals surface area contributed by atoms with Gasteiger partial charge in [0.1, 0.15) is 0 Å². The van der Waals surface area contributed by atoms with Crippen LogP contribution in [0.25, 0.3) is 0 Å². The van der Waals surface area contributed by atoms with E-state index in [4.69, 9.17) is 0 Å². The Balaban J connectivity index is 3.04. The number of nitrogens with one attached hydrogen (secondary N) is 1. The van der Waals surface area contributed by atoms with Gasteiger partial charge in [-0.2, -0.15) is 8.42 Å². The van der Waals surface area contributed by atoms with Gasteiger partial charge in [-0.1, -0.05) is 13.8 Å². The third-order valence-electron chi connectivity index (χ3n) is 2.76. The van der Waals surface area contributed by atoms with Gasteiger partial charge in [-0.3, -0.25) is 0 Å². The predicted octanol–water partition coefficient (Wildman–Crippen LogP) is 1.67. The van der Waals surface area contributed by atoms with Crippen molar-refractivity contribution in [3.63, 3.8) is 0 Å². The molecule has 0 aromatic heterocycles. The van der Waals surface area contributed by atoms with Gasteiger partial charge in [0.05, 0.1) is 9.79 Å². The van der Waals surface area contributed by atoms with Crippen LogP contribution in [0.5, 0.6) is 0 Å². The molecule has 0 saturated heterocycles. The molecule has 1 unspecified atom stereocenters. The topological polar surface area (TPSA) is 80.3 Å². The third kappa shape index (κ3) is 4.26. The molecule has 1 rings (SSSR count). The largest absolute Gasteiger partial charge is 0.332 e. The summed E-state index contributed by atoms with van der Waals surface area (Å²) in [5.74, 6) is 0.111. The van der Waals surface area contributed by atoms with E-state index in [1.54, 1.807) is 6.92 Å². The van der Waals surface area contributed by atoms with Crippen LogP contribution < -0.4 is 4.72 Å². The Hall–Kier alpha value is -0.990. The van der Waals surface area contributed by atoms with Crippen molar-refractivity contribution < 1.29 is 20.7 Å². The lowest BCUT2D eigenvalue weighted by Crippen LogP contribution is -2.36. The summed E-state index contributed by atoms with van der Waals surface area (Å²) in [5.41, 5.74) is 0. The van der Waals surface area contributed by atoms with Crippen LogP contribution in [0.1, 0.15) is 20.8 Å². The zero-order chi connectivity index (χ0) is 14.8. The summed E-state index contributed by atoms with van der Waals surface area (Å²) in [6.45, 7) is 5.46. The number of halogens is 1. The molecular formula is C11H16FNO4S2. The standard InChI is InChI=1S/C11H16FNO4S2/c1-8(2)9(3)13-19(16,17)11-6-4-10(5-7-11)18(12,14)15/h4-9,13H,1-3H3. The zero-order valence-electron chi connectivity index (χ0n) is 10.8. The van der Waals surface area contributed by atoms with Crippen LogP contribution in [0.3, 0.4) is 0 Å². The smallest absolute Gasteiger partial charge is 0.208 e. The lowest BCUT2D eigenvalue weighted by molar-refractivity contribution is 0.476. The third-order valence-corrected chi connectivity index (χ3v) is 5.17. The lowest BCUT2D eigenvalue weighted by atomic mass is 10.1. The van der Waals surface area contributed by atoms with Crippen LogP contribution in [0.15, 0.2) is 34.1 Å². The van der Waals surface area contributed by atoms with Gasteiger partial charge in [0.25, 0.3) is 0 Å². The molecule has 0 radical (unpaired) electrons. The van der Waals surface area contributed by atoms with Crippen molar-refractivity contribution in [2.75, 3.05) is 0 Å². The fourth-order valence-electron chi connectivity index (χ4n) is 1.23. The first-order valence-electron chi connectivity index (χ1n) is 5.61. The molecule has 1 aromatic carbocycles. The lowest BCUT2D eigenvalue weighted by Gasteiger charge is -2.17. The van der Waals surface area contributed by atoms with Gasteiger partial charge >= 0.3 is 10.2 Å². The molecule has 0 heterocycles. The average molecular weight is 309 g/mol. The van der Waals surface area contributed by atoms with Gasteiger partial charge < -0.3 is 0 Å². The molecule has 1 aromatic rings. The van der Waals surface area contributed by atoms with E-state index in [0.717, 1.165) is 24.3 Å². The first-order chi connectivity index (χ1) is 8.54. The van der Waals surface area contributed by atoms with Crippen LogP contribution in [0.2, 0.25) is 0 Å². The highest BCUT2D eigenvalue weighted by Gasteiger charge is 2.20. The van der Waals surface area contributed by atoms with E-state index >= 15 is 0 Å². The van der Waals surface area contributed by atoms with E-state index < -0.39 is 25.1 Å². The molecule has 0 saturated carbocycles. The van der Waals surface area contributed by atoms with E-state index in [1.807, 2.05) is 13.8 Å². The van der Waals surface area contributed by atoms with Gasteiger partial charge in [0, 0.05) is 6.04 Å². The molecular weight excluding hydrogens is 293 g/mol. The van der Waals surface area contributed by atoms with Gasteiger partial charge in [-0.25, -0.2) is 13.1 Å². The molecule has 0 amide bonds. The molecule has 1 atom stereocenters. The summed E-state index contributed by atoms with van der Waals surface area (Å²) in [6, 6.07) is 3.69. The number of hydrogen-bond acceptors (Lipinski definition) is 4. The van der Waals surface area contributed by atoms with Gasteiger partial charge in [-0.15, -0.1) is 3.89 Å². The molecule has 0 fully saturated rings. The Morgan fingerprint density at radius 1 is 0.947 bits per heavy atom. The maximum Gasteiger partial charge on any atom is 0.332 e. The Labute approximate surface area is 113 Å². The second-order valence-corrected chi connectivity index (χ2v) is 7.62. The first-order valence-corrected chi connectivity index (χ1v) is 8.48. The Bertz CT molecular complexity index is 636. The predicted molar refractivity (Wildman–Crippen MR) is 69.4 cm³/mol. The second-order valence-electron chi connectivity index (χ2n) is 4.56. The van der Waals surface area contributed by atoms with Crippen molar-refractivity contribution in [1.29, 1.82) is 0 Å². The second kappa shape index (κ2) is 5.56. The fourth-order valence-corrected chi connectivity index (χ4v) is 3.08. The Morgan fingerprint density at radius 2 is 1.37 bits per heavy atom. The number of rotatable bonds is 5. The van der Waals surface area contributed by atoms with Crippen LogP contribution in [0, 0.1) is 5.92 Å². The fraction of sp³-hybridized carbons (Fsp3) is 0.455. The molecule has 0 aliphatic carbocycles. The molecule has 8 heteroatoms. The van der Waals surface area contributed by atoms with E-state index in [0.29, 0.717) is 0 Å². The van der Waals surface area contributed by atoms with Crippen molar-refractivity contribution >= 4 is 20.2 Å². The van der Waals surface area contributed by atoms with Crippen molar-refractivity contribution in [2.45, 2.75) is 36.6 Å². The normalized spacial score (nSPS) is 14.6. The van der Waals surface area contributed by atoms with E-state index in [1.165, 1.54) is 0 Å². The molecule has 0 aliphatic rings. The molecule has 19 heavy (non-hydrogen) atoms. The van der Waals surface area contributed by atoms with Crippen molar-refractivity contribution in [3.05, 3.63) is 24.3 Å². The minimum atomic E-state index is -4.82. The van der Waals surface area contributed by atoms with Gasteiger partial charge in [0.15, 0.2) is 0 Å². The molecule has 1 N–H and O–H groups in total. The van der Waals surface area contributed by atoms with Crippen molar-refractivity contribution in [1.82, 2.24) is 4.72 Å². The van der Waals surface area contributed by atoms with E-state index in [-0.39, 0.29) is 16.9 Å². The summed E-state index contributed by atoms with van der Waals surface area (Å²) in [6.07, 6.45) is 0. The zero-order valence-corrected chi connectivity index (χ0v) is 12.4. The maximum absolute atomic E-state index is 12.7. The van der Waals surface area contributed by atoms with Crippen LogP contribution in [-0.4, -0.2) is 22.9 Å². The molecule has 0 bridgehead atoms. The maximum atomic E-state index is 12.7. The first kappa shape index (κ1) is 16.1. The van der Waals surface area contributed by atoms with Gasteiger partial charge in [-0.05, 0) is 37.1 Å². The SMILES string of the molecule is CC(C)C(C)NS(=O)(=O)c1ccc(S(=O)(=O)F)cc1. The quantitative estimate of drug-likeness (QED) is 0.839. The van der Waals surface area contributed by atoms with E-state index in [9.17, 15) is 20.7 Å². The molecule has 5 nitrogen and oxygen atoms in total. The highest BCUT2D eigenvalue weighted by atomic mass is 32.3. The molecule has 108 valence electrons. The Morgan fingerprint density at radius 3 is 1.74 bits per heavy atom. The number of sulfonamides is 1. The van der Waals surface area contributed by atoms with Crippen LogP contribution in [0.4, 0.5) is 3.89 Å². The monoisotopic (exact) mass is 309 g/mol. The number of benzene rings is 1. The highest BCUT2D eigenvalue weighted by Crippen LogP contribution is 2.17. The van der Waals surface area contributed by atoms with E-state index in [2.05, 4.69) is 4.72 Å². The van der Waals surface area contributed by atoms with Crippen molar-refractivity contribution in [2.24, 2.45) is 5.92 Å². The van der Waals surface area contributed by atoms with Crippen LogP contribution >= 0.6 is 0 Å². The summed E-state index contributed by atoms with van der Waals surface area (Å²) >= 11 is 0. The molecule has 0 aliphatic heterocycles. The minimum absolute atomic E-state index is 0.104. The van der Waals surface area contributed by atoms with Gasteiger partial charge in [0.2, 0.25) is 10.0 Å². The minimum Gasteiger partial charge on any atom is -0.208 e. The summed E-state index contributed by atoms with van der Waals surface area (Å²) < 4.78 is 60.3. The highest BCUT2D eigenvalue weighted by molar-refractivity contribution is 7.89.